The van der Waals surface area contributed by atoms with Crippen LogP contribution in [0.25, 0.3) is 0 Å². The molecule has 0 saturated heterocycles. The molecule has 1 aromatic carbocycles. The molecule has 1 atom stereocenters. The van der Waals surface area contributed by atoms with Gasteiger partial charge in [0.25, 0.3) is 0 Å². The highest BCUT2D eigenvalue weighted by Crippen LogP contribution is 2.26. The Hall–Kier alpha value is -1.22. The highest BCUT2D eigenvalue weighted by molar-refractivity contribution is 5.43. The minimum absolute atomic E-state index is 0.0422. The summed E-state index contributed by atoms with van der Waals surface area (Å²) in [4.78, 5) is 0. The monoisotopic (exact) mass is 195 g/mol. The first-order chi connectivity index (χ1) is 6.65. The van der Waals surface area contributed by atoms with E-state index in [9.17, 15) is 0 Å². The minimum atomic E-state index is 0.0422. The molecule has 0 spiro atoms. The SMILES string of the molecule is COc1cccc(OCC(C)N)c1C. The highest BCUT2D eigenvalue weighted by Gasteiger charge is 2.05. The lowest BCUT2D eigenvalue weighted by Gasteiger charge is -2.13. The minimum Gasteiger partial charge on any atom is -0.496 e. The number of hydrogen-bond donors (Lipinski definition) is 1. The quantitative estimate of drug-likeness (QED) is 0.795. The summed E-state index contributed by atoms with van der Waals surface area (Å²) in [6, 6.07) is 5.78. The van der Waals surface area contributed by atoms with Gasteiger partial charge in [0, 0.05) is 11.6 Å². The van der Waals surface area contributed by atoms with E-state index in [0.717, 1.165) is 17.1 Å². The molecule has 3 heteroatoms. The Morgan fingerprint density at radius 2 is 2.00 bits per heavy atom. The predicted molar refractivity (Wildman–Crippen MR) is 56.9 cm³/mol. The number of benzene rings is 1. The number of nitrogens with two attached hydrogens (primary N) is 1. The molecule has 0 fully saturated rings. The summed E-state index contributed by atoms with van der Waals surface area (Å²) < 4.78 is 10.7. The summed E-state index contributed by atoms with van der Waals surface area (Å²) in [5, 5.41) is 0. The van der Waals surface area contributed by atoms with Crippen LogP contribution in [0.5, 0.6) is 11.5 Å². The number of rotatable bonds is 4. The first kappa shape index (κ1) is 10.9. The van der Waals surface area contributed by atoms with E-state index in [0.29, 0.717) is 6.61 Å². The maximum Gasteiger partial charge on any atom is 0.125 e. The van der Waals surface area contributed by atoms with Crippen molar-refractivity contribution in [1.82, 2.24) is 0 Å². The largest absolute Gasteiger partial charge is 0.496 e. The molecule has 0 amide bonds. The Morgan fingerprint density at radius 3 is 2.57 bits per heavy atom. The maximum atomic E-state index is 5.60. The Bertz CT molecular complexity index is 297. The summed E-state index contributed by atoms with van der Waals surface area (Å²) in [6.07, 6.45) is 0. The van der Waals surface area contributed by atoms with Crippen molar-refractivity contribution in [3.8, 4) is 11.5 Å². The van der Waals surface area contributed by atoms with E-state index < -0.39 is 0 Å². The van der Waals surface area contributed by atoms with Gasteiger partial charge < -0.3 is 15.2 Å². The predicted octanol–water partition coefficient (Wildman–Crippen LogP) is 1.73. The molecule has 1 rings (SSSR count). The van der Waals surface area contributed by atoms with Gasteiger partial charge >= 0.3 is 0 Å². The molecule has 1 aromatic rings. The van der Waals surface area contributed by atoms with Crippen molar-refractivity contribution in [1.29, 1.82) is 0 Å². The average Bonchev–Trinajstić information content (AvgIpc) is 2.16. The van der Waals surface area contributed by atoms with Gasteiger partial charge in [-0.25, -0.2) is 0 Å². The molecular formula is C11H17NO2. The molecule has 0 heterocycles. The van der Waals surface area contributed by atoms with Crippen LogP contribution in [0.15, 0.2) is 18.2 Å². The standard InChI is InChI=1S/C11H17NO2/c1-8(12)7-14-11-6-4-5-10(13-3)9(11)2/h4-6,8H,7,12H2,1-3H3. The van der Waals surface area contributed by atoms with E-state index >= 15 is 0 Å². The van der Waals surface area contributed by atoms with E-state index in [1.165, 1.54) is 0 Å². The zero-order valence-corrected chi connectivity index (χ0v) is 8.91. The van der Waals surface area contributed by atoms with Crippen LogP contribution >= 0.6 is 0 Å². The van der Waals surface area contributed by atoms with Gasteiger partial charge in [-0.1, -0.05) is 6.07 Å². The van der Waals surface area contributed by atoms with Crippen molar-refractivity contribution >= 4 is 0 Å². The zero-order chi connectivity index (χ0) is 10.6. The molecule has 3 nitrogen and oxygen atoms in total. The van der Waals surface area contributed by atoms with Gasteiger partial charge in [-0.15, -0.1) is 0 Å². The van der Waals surface area contributed by atoms with E-state index in [1.807, 2.05) is 32.0 Å². The fraction of sp³-hybridized carbons (Fsp3) is 0.455. The molecule has 0 aliphatic heterocycles. The second kappa shape index (κ2) is 4.86. The molecule has 14 heavy (non-hydrogen) atoms. The lowest BCUT2D eigenvalue weighted by atomic mass is 10.2. The third-order valence-electron chi connectivity index (χ3n) is 1.96. The third kappa shape index (κ3) is 2.64. The molecule has 2 N–H and O–H groups in total. The Labute approximate surface area is 84.8 Å². The van der Waals surface area contributed by atoms with Crippen molar-refractivity contribution in [3.05, 3.63) is 23.8 Å². The van der Waals surface area contributed by atoms with Gasteiger partial charge in [-0.3, -0.25) is 0 Å². The van der Waals surface area contributed by atoms with Crippen LogP contribution in [0.2, 0.25) is 0 Å². The van der Waals surface area contributed by atoms with Crippen molar-refractivity contribution in [2.45, 2.75) is 19.9 Å². The van der Waals surface area contributed by atoms with E-state index in [1.54, 1.807) is 7.11 Å². The van der Waals surface area contributed by atoms with Crippen molar-refractivity contribution in [2.75, 3.05) is 13.7 Å². The maximum absolute atomic E-state index is 5.60. The van der Waals surface area contributed by atoms with Crippen molar-refractivity contribution < 1.29 is 9.47 Å². The second-order valence-electron chi connectivity index (χ2n) is 3.37. The second-order valence-corrected chi connectivity index (χ2v) is 3.37. The van der Waals surface area contributed by atoms with Crippen LogP contribution in [0.1, 0.15) is 12.5 Å². The van der Waals surface area contributed by atoms with Gasteiger partial charge in [0.05, 0.1) is 7.11 Å². The van der Waals surface area contributed by atoms with Gasteiger partial charge in [0.1, 0.15) is 18.1 Å². The third-order valence-corrected chi connectivity index (χ3v) is 1.96. The van der Waals surface area contributed by atoms with Crippen LogP contribution in [-0.4, -0.2) is 19.8 Å². The molecule has 0 saturated carbocycles. The van der Waals surface area contributed by atoms with Gasteiger partial charge in [0.15, 0.2) is 0 Å². The molecule has 0 aromatic heterocycles. The highest BCUT2D eigenvalue weighted by atomic mass is 16.5. The molecule has 0 bridgehead atoms. The molecular weight excluding hydrogens is 178 g/mol. The van der Waals surface area contributed by atoms with Crippen LogP contribution in [-0.2, 0) is 0 Å². The average molecular weight is 195 g/mol. The summed E-state index contributed by atoms with van der Waals surface area (Å²) in [5.41, 5.74) is 6.61. The van der Waals surface area contributed by atoms with Crippen LogP contribution in [0.4, 0.5) is 0 Å². The van der Waals surface area contributed by atoms with Gasteiger partial charge in [0.2, 0.25) is 0 Å². The number of hydrogen-bond acceptors (Lipinski definition) is 3. The molecule has 0 radical (unpaired) electrons. The van der Waals surface area contributed by atoms with Gasteiger partial charge in [-0.2, -0.15) is 0 Å². The fourth-order valence-corrected chi connectivity index (χ4v) is 1.19. The molecule has 0 aliphatic carbocycles. The van der Waals surface area contributed by atoms with Crippen molar-refractivity contribution in [3.63, 3.8) is 0 Å². The van der Waals surface area contributed by atoms with E-state index in [-0.39, 0.29) is 6.04 Å². The Kier molecular flexibility index (Phi) is 3.77. The van der Waals surface area contributed by atoms with Crippen LogP contribution in [0.3, 0.4) is 0 Å². The smallest absolute Gasteiger partial charge is 0.125 e. The summed E-state index contributed by atoms with van der Waals surface area (Å²) in [7, 11) is 1.65. The summed E-state index contributed by atoms with van der Waals surface area (Å²) in [6.45, 7) is 4.40. The number of ether oxygens (including phenoxy) is 2. The first-order valence-electron chi connectivity index (χ1n) is 4.67. The van der Waals surface area contributed by atoms with E-state index in [4.69, 9.17) is 15.2 Å². The summed E-state index contributed by atoms with van der Waals surface area (Å²) >= 11 is 0. The molecule has 1 unspecified atom stereocenters. The lowest BCUT2D eigenvalue weighted by Crippen LogP contribution is -2.23. The van der Waals surface area contributed by atoms with Crippen molar-refractivity contribution in [2.24, 2.45) is 5.73 Å². The van der Waals surface area contributed by atoms with Gasteiger partial charge in [-0.05, 0) is 26.0 Å². The first-order valence-corrected chi connectivity index (χ1v) is 4.67. The Morgan fingerprint density at radius 1 is 1.36 bits per heavy atom. The van der Waals surface area contributed by atoms with Crippen LogP contribution < -0.4 is 15.2 Å². The van der Waals surface area contributed by atoms with E-state index in [2.05, 4.69) is 0 Å². The molecule has 78 valence electrons. The molecule has 0 aliphatic rings. The zero-order valence-electron chi connectivity index (χ0n) is 8.91. The number of methoxy groups -OCH3 is 1. The topological polar surface area (TPSA) is 44.5 Å². The summed E-state index contributed by atoms with van der Waals surface area (Å²) in [5.74, 6) is 1.67. The Balaban J connectivity index is 2.76. The normalized spacial score (nSPS) is 12.3. The lowest BCUT2D eigenvalue weighted by molar-refractivity contribution is 0.292. The van der Waals surface area contributed by atoms with Crippen LogP contribution in [0, 0.1) is 6.92 Å². The fourth-order valence-electron chi connectivity index (χ4n) is 1.19.